The number of hydrogen-bond donors (Lipinski definition) is 2. The highest BCUT2D eigenvalue weighted by molar-refractivity contribution is 5.94. The Hall–Kier alpha value is -3.02. The Morgan fingerprint density at radius 2 is 1.92 bits per heavy atom. The topological polar surface area (TPSA) is 64.7 Å². The van der Waals surface area contributed by atoms with Crippen molar-refractivity contribution in [2.24, 2.45) is 0 Å². The van der Waals surface area contributed by atoms with Gasteiger partial charge in [-0.2, -0.15) is 0 Å². The van der Waals surface area contributed by atoms with Crippen LogP contribution >= 0.6 is 0 Å². The van der Waals surface area contributed by atoms with Gasteiger partial charge >= 0.3 is 6.03 Å². The number of carbonyl (C=O) groups excluding carboxylic acids is 2. The van der Waals surface area contributed by atoms with E-state index in [0.29, 0.717) is 19.5 Å². The number of urea groups is 1. The molecule has 0 unspecified atom stereocenters. The molecule has 1 saturated heterocycles. The fourth-order valence-corrected chi connectivity index (χ4v) is 2.67. The fraction of sp³-hybridized carbons (Fsp3) is 0.263. The molecule has 25 heavy (non-hydrogen) atoms. The second kappa shape index (κ2) is 7.25. The first-order valence-corrected chi connectivity index (χ1v) is 8.24. The van der Waals surface area contributed by atoms with Crippen LogP contribution in [0.1, 0.15) is 5.56 Å². The molecule has 2 N–H and O–H groups in total. The molecular weight excluding hydrogens is 316 g/mol. The van der Waals surface area contributed by atoms with Crippen molar-refractivity contribution in [3.63, 3.8) is 0 Å². The molecule has 1 aliphatic rings. The van der Waals surface area contributed by atoms with Crippen molar-refractivity contribution >= 4 is 29.0 Å². The molecule has 3 rings (SSSR count). The summed E-state index contributed by atoms with van der Waals surface area (Å²) in [5.41, 5.74) is 3.69. The number of anilines is 3. The molecule has 0 bridgehead atoms. The van der Waals surface area contributed by atoms with E-state index in [1.807, 2.05) is 48.5 Å². The minimum Gasteiger partial charge on any atom is -0.355 e. The van der Waals surface area contributed by atoms with Gasteiger partial charge in [-0.3, -0.25) is 9.69 Å². The quantitative estimate of drug-likeness (QED) is 0.881. The first kappa shape index (κ1) is 16.8. The van der Waals surface area contributed by atoms with Crippen molar-refractivity contribution in [2.75, 3.05) is 37.4 Å². The Morgan fingerprint density at radius 3 is 2.56 bits per heavy atom. The number of likely N-dealkylation sites (N-methyl/N-ethyl adjacent to an activating group) is 1. The minimum absolute atomic E-state index is 0.0629. The van der Waals surface area contributed by atoms with Gasteiger partial charge < -0.3 is 15.5 Å². The Balaban J connectivity index is 1.68. The van der Waals surface area contributed by atoms with Gasteiger partial charge in [0.1, 0.15) is 0 Å². The van der Waals surface area contributed by atoms with Gasteiger partial charge in [0, 0.05) is 44.2 Å². The van der Waals surface area contributed by atoms with E-state index in [1.165, 1.54) is 0 Å². The summed E-state index contributed by atoms with van der Waals surface area (Å²) >= 11 is 0. The van der Waals surface area contributed by atoms with Crippen molar-refractivity contribution in [1.29, 1.82) is 0 Å². The maximum Gasteiger partial charge on any atom is 0.321 e. The molecule has 3 amide bonds. The second-order valence-electron chi connectivity index (χ2n) is 6.22. The molecule has 6 heteroatoms. The van der Waals surface area contributed by atoms with E-state index >= 15 is 0 Å². The summed E-state index contributed by atoms with van der Waals surface area (Å²) in [5, 5.41) is 6.13. The van der Waals surface area contributed by atoms with Crippen molar-refractivity contribution in [1.82, 2.24) is 10.2 Å². The number of nitrogens with zero attached hydrogens (tertiary/aromatic N) is 2. The van der Waals surface area contributed by atoms with Crippen LogP contribution in [0.5, 0.6) is 0 Å². The zero-order valence-corrected chi connectivity index (χ0v) is 14.5. The molecule has 6 nitrogen and oxygen atoms in total. The molecule has 0 saturated carbocycles. The maximum atomic E-state index is 11.8. The van der Waals surface area contributed by atoms with Crippen molar-refractivity contribution in [2.45, 2.75) is 6.42 Å². The van der Waals surface area contributed by atoms with Crippen LogP contribution in [0, 0.1) is 0 Å². The molecule has 0 spiro atoms. The minimum atomic E-state index is -0.0629. The summed E-state index contributed by atoms with van der Waals surface area (Å²) < 4.78 is 0. The lowest BCUT2D eigenvalue weighted by atomic mass is 10.1. The number of rotatable bonds is 5. The van der Waals surface area contributed by atoms with Gasteiger partial charge in [-0.25, -0.2) is 4.79 Å². The first-order valence-electron chi connectivity index (χ1n) is 8.24. The Kier molecular flexibility index (Phi) is 4.88. The summed E-state index contributed by atoms with van der Waals surface area (Å²) in [7, 11) is 3.51. The summed E-state index contributed by atoms with van der Waals surface area (Å²) in [5.74, 6) is 0.0808. The van der Waals surface area contributed by atoms with Crippen LogP contribution in [0.25, 0.3) is 0 Å². The van der Waals surface area contributed by atoms with E-state index in [0.717, 1.165) is 22.6 Å². The highest BCUT2D eigenvalue weighted by atomic mass is 16.2. The van der Waals surface area contributed by atoms with Crippen LogP contribution in [0.3, 0.4) is 0 Å². The SMILES string of the molecule is CN(C)C(=O)Cc1ccc(Nc2cccc(N3CCNC3=O)c2)cc1. The normalized spacial score (nSPS) is 13.5. The standard InChI is InChI=1S/C19H22N4O2/c1-22(2)18(24)12-14-6-8-15(9-7-14)21-16-4-3-5-17(13-16)23-11-10-20-19(23)25/h3-9,13,21H,10-12H2,1-2H3,(H,20,25). The molecule has 0 aromatic heterocycles. The van der Waals surface area contributed by atoms with E-state index < -0.39 is 0 Å². The first-order chi connectivity index (χ1) is 12.0. The Bertz CT molecular complexity index is 771. The summed E-state index contributed by atoms with van der Waals surface area (Å²) in [6.07, 6.45) is 0.396. The number of carbonyl (C=O) groups is 2. The van der Waals surface area contributed by atoms with Gasteiger partial charge in [-0.1, -0.05) is 18.2 Å². The monoisotopic (exact) mass is 338 g/mol. The number of benzene rings is 2. The molecule has 1 aliphatic heterocycles. The van der Waals surface area contributed by atoms with E-state index in [1.54, 1.807) is 23.9 Å². The van der Waals surface area contributed by atoms with Crippen molar-refractivity contribution in [3.05, 3.63) is 54.1 Å². The summed E-state index contributed by atoms with van der Waals surface area (Å²) in [6, 6.07) is 15.5. The highest BCUT2D eigenvalue weighted by Crippen LogP contribution is 2.24. The van der Waals surface area contributed by atoms with E-state index in [-0.39, 0.29) is 11.9 Å². The predicted molar refractivity (Wildman–Crippen MR) is 99.3 cm³/mol. The fourth-order valence-electron chi connectivity index (χ4n) is 2.67. The van der Waals surface area contributed by atoms with Crippen LogP contribution in [0.15, 0.2) is 48.5 Å². The lowest BCUT2D eigenvalue weighted by Crippen LogP contribution is -2.27. The van der Waals surface area contributed by atoms with Crippen LogP contribution in [-0.2, 0) is 11.2 Å². The molecule has 1 heterocycles. The average molecular weight is 338 g/mol. The van der Waals surface area contributed by atoms with E-state index in [2.05, 4.69) is 10.6 Å². The second-order valence-corrected chi connectivity index (χ2v) is 6.22. The molecule has 1 fully saturated rings. The molecule has 2 aromatic rings. The van der Waals surface area contributed by atoms with Gasteiger partial charge in [-0.05, 0) is 35.9 Å². The number of amides is 3. The largest absolute Gasteiger partial charge is 0.355 e. The van der Waals surface area contributed by atoms with E-state index in [4.69, 9.17) is 0 Å². The van der Waals surface area contributed by atoms with Gasteiger partial charge in [0.2, 0.25) is 5.91 Å². The predicted octanol–water partition coefficient (Wildman–Crippen LogP) is 2.59. The molecule has 130 valence electrons. The third-order valence-corrected chi connectivity index (χ3v) is 4.11. The van der Waals surface area contributed by atoms with Crippen LogP contribution in [0.4, 0.5) is 21.9 Å². The average Bonchev–Trinajstić information content (AvgIpc) is 3.03. The molecule has 0 aliphatic carbocycles. The Labute approximate surface area is 147 Å². The van der Waals surface area contributed by atoms with Crippen LogP contribution in [-0.4, -0.2) is 44.0 Å². The van der Waals surface area contributed by atoms with Gasteiger partial charge in [0.25, 0.3) is 0 Å². The number of nitrogens with one attached hydrogen (secondary N) is 2. The van der Waals surface area contributed by atoms with Gasteiger partial charge in [0.05, 0.1) is 6.42 Å². The smallest absolute Gasteiger partial charge is 0.321 e. The molecule has 0 atom stereocenters. The maximum absolute atomic E-state index is 11.8. The van der Waals surface area contributed by atoms with Crippen molar-refractivity contribution in [3.8, 4) is 0 Å². The van der Waals surface area contributed by atoms with Crippen LogP contribution < -0.4 is 15.5 Å². The summed E-state index contributed by atoms with van der Waals surface area (Å²) in [6.45, 7) is 1.35. The van der Waals surface area contributed by atoms with Crippen molar-refractivity contribution < 1.29 is 9.59 Å². The number of hydrogen-bond acceptors (Lipinski definition) is 3. The highest BCUT2D eigenvalue weighted by Gasteiger charge is 2.21. The van der Waals surface area contributed by atoms with Gasteiger partial charge in [0.15, 0.2) is 0 Å². The molecular formula is C19H22N4O2. The van der Waals surface area contributed by atoms with Gasteiger partial charge in [-0.15, -0.1) is 0 Å². The third kappa shape index (κ3) is 4.09. The molecule has 2 aromatic carbocycles. The van der Waals surface area contributed by atoms with E-state index in [9.17, 15) is 9.59 Å². The molecule has 0 radical (unpaired) electrons. The third-order valence-electron chi connectivity index (χ3n) is 4.11. The zero-order chi connectivity index (χ0) is 17.8. The zero-order valence-electron chi connectivity index (χ0n) is 14.5. The van der Waals surface area contributed by atoms with Crippen LogP contribution in [0.2, 0.25) is 0 Å². The Morgan fingerprint density at radius 1 is 1.16 bits per heavy atom. The lowest BCUT2D eigenvalue weighted by Gasteiger charge is -2.16. The lowest BCUT2D eigenvalue weighted by molar-refractivity contribution is -0.127. The summed E-state index contributed by atoms with van der Waals surface area (Å²) in [4.78, 5) is 26.8.